The van der Waals surface area contributed by atoms with Crippen LogP contribution < -0.4 is 10.2 Å². The minimum Gasteiger partial charge on any atom is -0.351 e. The van der Waals surface area contributed by atoms with Gasteiger partial charge in [-0.3, -0.25) is 10.1 Å². The molecule has 7 heteroatoms. The van der Waals surface area contributed by atoms with Crippen LogP contribution in [-0.2, 0) is 0 Å². The second-order valence-corrected chi connectivity index (χ2v) is 6.78. The molecule has 1 saturated carbocycles. The van der Waals surface area contributed by atoms with Crippen LogP contribution in [-0.4, -0.2) is 35.6 Å². The van der Waals surface area contributed by atoms with Gasteiger partial charge in [0.1, 0.15) is 0 Å². The number of nitrogens with one attached hydrogen (secondary N) is 1. The minimum absolute atomic E-state index is 0.0776. The Hall–Kier alpha value is -1.21. The number of pyridine rings is 1. The van der Waals surface area contributed by atoms with Gasteiger partial charge in [0, 0.05) is 35.9 Å². The molecule has 2 heterocycles. The Morgan fingerprint density at radius 3 is 2.71 bits per heavy atom. The maximum Gasteiger partial charge on any atom is 0.312 e. The third-order valence-corrected chi connectivity index (χ3v) is 4.63. The predicted molar refractivity (Wildman–Crippen MR) is 84.6 cm³/mol. The summed E-state index contributed by atoms with van der Waals surface area (Å²) in [5, 5.41) is 14.8. The highest BCUT2D eigenvalue weighted by Gasteiger charge is 2.27. The molecule has 6 nitrogen and oxygen atoms in total. The zero-order valence-electron chi connectivity index (χ0n) is 11.8. The molecule has 2 fully saturated rings. The summed E-state index contributed by atoms with van der Waals surface area (Å²) in [4.78, 5) is 17.1. The Balaban J connectivity index is 1.62. The van der Waals surface area contributed by atoms with Crippen molar-refractivity contribution in [1.82, 2.24) is 10.3 Å². The second kappa shape index (κ2) is 6.27. The fraction of sp³-hybridized carbons (Fsp3) is 0.643. The summed E-state index contributed by atoms with van der Waals surface area (Å²) in [5.41, 5.74) is 0.0776. The molecule has 0 unspecified atom stereocenters. The van der Waals surface area contributed by atoms with E-state index < -0.39 is 0 Å². The van der Waals surface area contributed by atoms with Crippen molar-refractivity contribution in [3.63, 3.8) is 0 Å². The van der Waals surface area contributed by atoms with Crippen LogP contribution in [0.3, 0.4) is 0 Å². The number of anilines is 1. The summed E-state index contributed by atoms with van der Waals surface area (Å²) in [5.74, 6) is 1.38. The van der Waals surface area contributed by atoms with Crippen molar-refractivity contribution in [2.45, 2.75) is 31.7 Å². The SMILES string of the molecule is O=[N+]([O-])c1cc(Br)cnc1N1CCC(NCC2CC2)CC1. The number of rotatable bonds is 5. The first-order valence-corrected chi connectivity index (χ1v) is 8.21. The maximum absolute atomic E-state index is 11.2. The molecule has 0 spiro atoms. The lowest BCUT2D eigenvalue weighted by molar-refractivity contribution is -0.384. The van der Waals surface area contributed by atoms with Gasteiger partial charge in [-0.15, -0.1) is 0 Å². The zero-order valence-corrected chi connectivity index (χ0v) is 13.4. The number of aromatic nitrogens is 1. The molecule has 21 heavy (non-hydrogen) atoms. The van der Waals surface area contributed by atoms with E-state index in [0.29, 0.717) is 16.3 Å². The average molecular weight is 355 g/mol. The molecule has 1 aromatic heterocycles. The van der Waals surface area contributed by atoms with Crippen LogP contribution in [0.5, 0.6) is 0 Å². The summed E-state index contributed by atoms with van der Waals surface area (Å²) in [6, 6.07) is 2.07. The highest BCUT2D eigenvalue weighted by Crippen LogP contribution is 2.31. The van der Waals surface area contributed by atoms with E-state index in [1.165, 1.54) is 18.9 Å². The number of nitro groups is 1. The van der Waals surface area contributed by atoms with E-state index in [4.69, 9.17) is 0 Å². The summed E-state index contributed by atoms with van der Waals surface area (Å²) < 4.78 is 0.638. The van der Waals surface area contributed by atoms with Crippen molar-refractivity contribution in [2.24, 2.45) is 5.92 Å². The normalized spacial score (nSPS) is 19.8. The molecule has 1 aliphatic heterocycles. The smallest absolute Gasteiger partial charge is 0.312 e. The molecule has 0 radical (unpaired) electrons. The van der Waals surface area contributed by atoms with Gasteiger partial charge in [-0.05, 0) is 54.1 Å². The first kappa shape index (κ1) is 14.7. The monoisotopic (exact) mass is 354 g/mol. The van der Waals surface area contributed by atoms with E-state index in [-0.39, 0.29) is 10.6 Å². The number of halogens is 1. The van der Waals surface area contributed by atoms with E-state index in [9.17, 15) is 10.1 Å². The Morgan fingerprint density at radius 2 is 2.10 bits per heavy atom. The molecule has 0 atom stereocenters. The van der Waals surface area contributed by atoms with Gasteiger partial charge in [-0.1, -0.05) is 0 Å². The highest BCUT2D eigenvalue weighted by atomic mass is 79.9. The number of hydrogen-bond donors (Lipinski definition) is 1. The van der Waals surface area contributed by atoms with Crippen molar-refractivity contribution in [3.8, 4) is 0 Å². The highest BCUT2D eigenvalue weighted by molar-refractivity contribution is 9.10. The molecule has 0 aromatic carbocycles. The van der Waals surface area contributed by atoms with Crippen LogP contribution in [0.2, 0.25) is 0 Å². The van der Waals surface area contributed by atoms with E-state index in [2.05, 4.69) is 26.2 Å². The molecule has 1 aromatic rings. The molecular weight excluding hydrogens is 336 g/mol. The maximum atomic E-state index is 11.2. The van der Waals surface area contributed by atoms with Crippen LogP contribution in [0.1, 0.15) is 25.7 Å². The Kier molecular flexibility index (Phi) is 4.40. The van der Waals surface area contributed by atoms with Crippen molar-refractivity contribution in [1.29, 1.82) is 0 Å². The van der Waals surface area contributed by atoms with Crippen molar-refractivity contribution in [3.05, 3.63) is 26.9 Å². The van der Waals surface area contributed by atoms with E-state index in [0.717, 1.165) is 38.4 Å². The van der Waals surface area contributed by atoms with Crippen LogP contribution in [0.15, 0.2) is 16.7 Å². The van der Waals surface area contributed by atoms with Gasteiger partial charge in [0.05, 0.1) is 4.92 Å². The second-order valence-electron chi connectivity index (χ2n) is 5.87. The first-order valence-electron chi connectivity index (χ1n) is 7.42. The van der Waals surface area contributed by atoms with Crippen LogP contribution >= 0.6 is 15.9 Å². The lowest BCUT2D eigenvalue weighted by Gasteiger charge is -2.33. The largest absolute Gasteiger partial charge is 0.351 e. The van der Waals surface area contributed by atoms with Gasteiger partial charge in [0.15, 0.2) is 0 Å². The van der Waals surface area contributed by atoms with Gasteiger partial charge < -0.3 is 10.2 Å². The number of hydrogen-bond acceptors (Lipinski definition) is 5. The lowest BCUT2D eigenvalue weighted by Crippen LogP contribution is -2.43. The first-order chi connectivity index (χ1) is 10.1. The molecule has 1 N–H and O–H groups in total. The summed E-state index contributed by atoms with van der Waals surface area (Å²) in [7, 11) is 0. The zero-order chi connectivity index (χ0) is 14.8. The van der Waals surface area contributed by atoms with E-state index in [1.807, 2.05) is 4.90 Å². The third kappa shape index (κ3) is 3.71. The van der Waals surface area contributed by atoms with Gasteiger partial charge in [0.2, 0.25) is 5.82 Å². The fourth-order valence-electron chi connectivity index (χ4n) is 2.75. The Bertz CT molecular complexity index is 528. The molecule has 0 bridgehead atoms. The lowest BCUT2D eigenvalue weighted by atomic mass is 10.0. The Morgan fingerprint density at radius 1 is 1.38 bits per heavy atom. The Labute approximate surface area is 132 Å². The van der Waals surface area contributed by atoms with Gasteiger partial charge >= 0.3 is 5.69 Å². The molecule has 3 rings (SSSR count). The quantitative estimate of drug-likeness (QED) is 0.650. The molecule has 1 saturated heterocycles. The van der Waals surface area contributed by atoms with Crippen LogP contribution in [0.4, 0.5) is 11.5 Å². The number of piperidine rings is 1. The summed E-state index contributed by atoms with van der Waals surface area (Å²) in [6.45, 7) is 2.76. The van der Waals surface area contributed by atoms with Crippen molar-refractivity contribution in [2.75, 3.05) is 24.5 Å². The third-order valence-electron chi connectivity index (χ3n) is 4.20. The molecular formula is C14H19BrN4O2. The minimum atomic E-state index is -0.357. The standard InChI is InChI=1S/C14H19BrN4O2/c15-11-7-13(19(20)21)14(17-9-11)18-5-3-12(4-6-18)16-8-10-1-2-10/h7,9-10,12,16H,1-6,8H2. The predicted octanol–water partition coefficient (Wildman–Crippen LogP) is 2.72. The summed E-state index contributed by atoms with van der Waals surface area (Å²) in [6.07, 6.45) is 6.38. The average Bonchev–Trinajstić information content (AvgIpc) is 3.30. The van der Waals surface area contributed by atoms with Crippen LogP contribution in [0, 0.1) is 16.0 Å². The molecule has 114 valence electrons. The van der Waals surface area contributed by atoms with Crippen molar-refractivity contribution < 1.29 is 4.92 Å². The molecule has 0 amide bonds. The van der Waals surface area contributed by atoms with Gasteiger partial charge in [-0.2, -0.15) is 0 Å². The van der Waals surface area contributed by atoms with Crippen molar-refractivity contribution >= 4 is 27.4 Å². The van der Waals surface area contributed by atoms with E-state index >= 15 is 0 Å². The fourth-order valence-corrected chi connectivity index (χ4v) is 3.07. The topological polar surface area (TPSA) is 71.3 Å². The molecule has 2 aliphatic rings. The van der Waals surface area contributed by atoms with Crippen LogP contribution in [0.25, 0.3) is 0 Å². The van der Waals surface area contributed by atoms with Gasteiger partial charge in [0.25, 0.3) is 0 Å². The van der Waals surface area contributed by atoms with E-state index in [1.54, 1.807) is 6.20 Å². The van der Waals surface area contributed by atoms with Gasteiger partial charge in [-0.25, -0.2) is 4.98 Å². The number of nitrogens with zero attached hydrogens (tertiary/aromatic N) is 3. The summed E-state index contributed by atoms with van der Waals surface area (Å²) >= 11 is 3.24. The molecule has 1 aliphatic carbocycles.